The summed E-state index contributed by atoms with van der Waals surface area (Å²) in [6, 6.07) is 0. The fraction of sp³-hybridized carbons (Fsp3) is 0.562. The molecule has 0 bridgehead atoms. The van der Waals surface area contributed by atoms with Gasteiger partial charge in [0.05, 0.1) is 13.2 Å². The minimum atomic E-state index is -4.41. The summed E-state index contributed by atoms with van der Waals surface area (Å²) in [5.41, 5.74) is 5.39. The number of phosphoric ester groups is 1. The molecular weight excluding hydrogens is 1050 g/mol. The first-order chi connectivity index (χ1) is 40.8. The van der Waals surface area contributed by atoms with Crippen LogP contribution in [0.1, 0.15) is 232 Å². The zero-order valence-electron chi connectivity index (χ0n) is 52.1. The van der Waals surface area contributed by atoms with E-state index in [0.717, 1.165) is 154 Å². The fourth-order valence-corrected chi connectivity index (χ4v) is 8.87. The second-order valence-corrected chi connectivity index (χ2v) is 22.0. The van der Waals surface area contributed by atoms with E-state index in [1.807, 2.05) is 0 Å². The van der Waals surface area contributed by atoms with Crippen LogP contribution in [0.2, 0.25) is 0 Å². The summed E-state index contributed by atoms with van der Waals surface area (Å²) in [5, 5.41) is 0. The third-order valence-corrected chi connectivity index (χ3v) is 13.8. The van der Waals surface area contributed by atoms with E-state index in [1.165, 1.54) is 38.5 Å². The number of carbonyl (C=O) groups excluding carboxylic acids is 2. The van der Waals surface area contributed by atoms with Crippen LogP contribution in [0.4, 0.5) is 0 Å². The van der Waals surface area contributed by atoms with Gasteiger partial charge in [-0.25, -0.2) is 4.57 Å². The molecule has 9 nitrogen and oxygen atoms in total. The first kappa shape index (κ1) is 78.1. The molecule has 0 fully saturated rings. The van der Waals surface area contributed by atoms with E-state index in [-0.39, 0.29) is 32.6 Å². The minimum Gasteiger partial charge on any atom is -0.462 e. The Morgan fingerprint density at radius 3 is 0.928 bits per heavy atom. The molecule has 0 radical (unpaired) electrons. The van der Waals surface area contributed by atoms with Gasteiger partial charge in [-0.05, 0) is 135 Å². The summed E-state index contributed by atoms with van der Waals surface area (Å²) in [6.45, 7) is 3.47. The second-order valence-electron chi connectivity index (χ2n) is 20.5. The van der Waals surface area contributed by atoms with Crippen LogP contribution < -0.4 is 5.73 Å². The Labute approximate surface area is 507 Å². The summed E-state index contributed by atoms with van der Waals surface area (Å²) < 4.78 is 33.1. The lowest BCUT2D eigenvalue weighted by atomic mass is 10.0. The van der Waals surface area contributed by atoms with Gasteiger partial charge in [-0.1, -0.05) is 267 Å². The van der Waals surface area contributed by atoms with Gasteiger partial charge in [-0.2, -0.15) is 0 Å². The number of nitrogens with two attached hydrogens (primary N) is 1. The van der Waals surface area contributed by atoms with Crippen molar-refractivity contribution in [1.82, 2.24) is 0 Å². The first-order valence-corrected chi connectivity index (χ1v) is 33.8. The molecule has 0 heterocycles. The summed E-state index contributed by atoms with van der Waals surface area (Å²) in [6.07, 6.45) is 99.6. The molecule has 10 heteroatoms. The lowest BCUT2D eigenvalue weighted by Gasteiger charge is -2.19. The van der Waals surface area contributed by atoms with Crippen LogP contribution >= 0.6 is 7.82 Å². The molecule has 0 spiro atoms. The van der Waals surface area contributed by atoms with Crippen molar-refractivity contribution in [3.63, 3.8) is 0 Å². The van der Waals surface area contributed by atoms with Gasteiger partial charge >= 0.3 is 19.8 Å². The topological polar surface area (TPSA) is 134 Å². The summed E-state index contributed by atoms with van der Waals surface area (Å²) in [4.78, 5) is 35.3. The summed E-state index contributed by atoms with van der Waals surface area (Å²) in [7, 11) is -4.41. The van der Waals surface area contributed by atoms with Crippen LogP contribution in [0.5, 0.6) is 0 Å². The van der Waals surface area contributed by atoms with Crippen molar-refractivity contribution in [2.75, 3.05) is 26.4 Å². The molecule has 0 saturated heterocycles. The molecule has 0 rings (SSSR count). The van der Waals surface area contributed by atoms with E-state index in [2.05, 4.69) is 196 Å². The smallest absolute Gasteiger partial charge is 0.462 e. The molecule has 466 valence electrons. The largest absolute Gasteiger partial charge is 0.472 e. The van der Waals surface area contributed by atoms with Gasteiger partial charge in [-0.15, -0.1) is 0 Å². The Morgan fingerprint density at radius 2 is 0.627 bits per heavy atom. The lowest BCUT2D eigenvalue weighted by molar-refractivity contribution is -0.161. The maximum Gasteiger partial charge on any atom is 0.472 e. The Kier molecular flexibility index (Phi) is 62.3. The molecular formula is C73H116NO8P. The van der Waals surface area contributed by atoms with E-state index in [0.29, 0.717) is 12.8 Å². The Bertz CT molecular complexity index is 2010. The van der Waals surface area contributed by atoms with Gasteiger partial charge in [0.25, 0.3) is 0 Å². The predicted molar refractivity (Wildman–Crippen MR) is 357 cm³/mol. The Hall–Kier alpha value is -4.89. The lowest BCUT2D eigenvalue weighted by Crippen LogP contribution is -2.29. The van der Waals surface area contributed by atoms with Gasteiger partial charge in [0.15, 0.2) is 6.10 Å². The highest BCUT2D eigenvalue weighted by Crippen LogP contribution is 2.43. The van der Waals surface area contributed by atoms with Gasteiger partial charge in [-0.3, -0.25) is 18.6 Å². The maximum absolute atomic E-state index is 12.7. The monoisotopic (exact) mass is 1170 g/mol. The third-order valence-electron chi connectivity index (χ3n) is 12.8. The average Bonchev–Trinajstić information content (AvgIpc) is 3.49. The molecule has 2 unspecified atom stereocenters. The molecule has 0 aromatic carbocycles. The van der Waals surface area contributed by atoms with E-state index in [1.54, 1.807) is 0 Å². The predicted octanol–water partition coefficient (Wildman–Crippen LogP) is 21.2. The molecule has 0 aliphatic heterocycles. The number of unbranched alkanes of at least 4 members (excludes halogenated alkanes) is 15. The number of esters is 2. The molecule has 0 aromatic heterocycles. The first-order valence-electron chi connectivity index (χ1n) is 32.3. The number of carbonyl (C=O) groups is 2. The minimum absolute atomic E-state index is 0.0403. The molecule has 2 atom stereocenters. The van der Waals surface area contributed by atoms with Crippen LogP contribution in [0.25, 0.3) is 0 Å². The van der Waals surface area contributed by atoms with Gasteiger partial charge < -0.3 is 20.1 Å². The molecule has 83 heavy (non-hydrogen) atoms. The summed E-state index contributed by atoms with van der Waals surface area (Å²) >= 11 is 0. The maximum atomic E-state index is 12.7. The molecule has 0 aliphatic carbocycles. The molecule has 0 amide bonds. The number of allylic oxidation sites excluding steroid dienone is 30. The van der Waals surface area contributed by atoms with Gasteiger partial charge in [0.1, 0.15) is 6.61 Å². The number of rotatable bonds is 58. The van der Waals surface area contributed by atoms with Crippen LogP contribution in [0.3, 0.4) is 0 Å². The van der Waals surface area contributed by atoms with Crippen molar-refractivity contribution in [2.24, 2.45) is 5.73 Å². The molecule has 0 aromatic rings. The number of ether oxygens (including phenoxy) is 2. The second kappa shape index (κ2) is 66.3. The zero-order chi connectivity index (χ0) is 60.1. The molecule has 3 N–H and O–H groups in total. The van der Waals surface area contributed by atoms with Gasteiger partial charge in [0, 0.05) is 19.4 Å². The normalized spacial score (nSPS) is 14.2. The van der Waals surface area contributed by atoms with Crippen LogP contribution in [0, 0.1) is 0 Å². The van der Waals surface area contributed by atoms with Gasteiger partial charge in [0.2, 0.25) is 0 Å². The van der Waals surface area contributed by atoms with E-state index < -0.39 is 32.5 Å². The van der Waals surface area contributed by atoms with Crippen LogP contribution in [0.15, 0.2) is 182 Å². The zero-order valence-corrected chi connectivity index (χ0v) is 53.0. The van der Waals surface area contributed by atoms with E-state index in [4.69, 9.17) is 24.3 Å². The highest BCUT2D eigenvalue weighted by Gasteiger charge is 2.26. The highest BCUT2D eigenvalue weighted by molar-refractivity contribution is 7.47. The third kappa shape index (κ3) is 66.1. The van der Waals surface area contributed by atoms with Crippen molar-refractivity contribution >= 4 is 19.8 Å². The van der Waals surface area contributed by atoms with Crippen LogP contribution in [-0.2, 0) is 32.7 Å². The van der Waals surface area contributed by atoms with Crippen molar-refractivity contribution in [3.05, 3.63) is 182 Å². The Balaban J connectivity index is 4.01. The fourth-order valence-electron chi connectivity index (χ4n) is 8.10. The average molecular weight is 1170 g/mol. The number of phosphoric acid groups is 1. The molecule has 0 aliphatic rings. The SMILES string of the molecule is CC/C=C\C/C=C\C/C=C\C/C=C\C/C=C\C/C=C\C/C=C\C/C=C\C/C=C\C/C=C\CCCCCCCCCCCCC(=O)OC(COC(=O)CCCCCCC/C=C\C/C=C\C/C=C\C/C=C\C/C=C\CC)COP(=O)(O)OCCN. The quantitative estimate of drug-likeness (QED) is 0.0264. The summed E-state index contributed by atoms with van der Waals surface area (Å²) in [5.74, 6) is -0.867. The van der Waals surface area contributed by atoms with E-state index >= 15 is 0 Å². The Morgan fingerprint density at radius 1 is 0.361 bits per heavy atom. The van der Waals surface area contributed by atoms with Crippen molar-refractivity contribution < 1.29 is 37.6 Å². The molecule has 0 saturated carbocycles. The number of hydrogen-bond acceptors (Lipinski definition) is 8. The number of hydrogen-bond donors (Lipinski definition) is 2. The van der Waals surface area contributed by atoms with Crippen molar-refractivity contribution in [3.8, 4) is 0 Å². The van der Waals surface area contributed by atoms with Crippen molar-refractivity contribution in [2.45, 2.75) is 238 Å². The van der Waals surface area contributed by atoms with Crippen molar-refractivity contribution in [1.29, 1.82) is 0 Å². The van der Waals surface area contributed by atoms with E-state index in [9.17, 15) is 19.0 Å². The highest BCUT2D eigenvalue weighted by atomic mass is 31.2. The van der Waals surface area contributed by atoms with Crippen LogP contribution in [-0.4, -0.2) is 49.3 Å². The standard InChI is InChI=1S/C73H116NO8P/c1-3-5-7-9-11-13-15-17-19-21-23-25-26-27-28-29-30-31-32-33-34-35-36-37-38-39-40-41-42-43-44-46-48-50-52-54-56-58-60-62-64-66-73(76)82-71(70-81-83(77,78)80-68-67-74)69-79-72(75)65-63-61-59-57-55-53-51-49-47-45-24-22-20-18-16-14-12-10-8-6-4-2/h5-8,11-14,17-20,23-25,27-28,30-31,33-34,36-37,39-40,42-43,45,49,51,71H,3-4,9-10,15-16,21-22,26,29,32,35,38,41,44,46-48,50,52-70,74H2,1-2H3,(H,77,78)/b7-5-,8-6-,13-11-,14-12-,19-17-,20-18-,25-23-,28-27-,31-30-,34-33-,37-36-,40-39-,43-42-,45-24-,51-49-.